The highest BCUT2D eigenvalue weighted by Gasteiger charge is 2.09. The first kappa shape index (κ1) is 7.36. The lowest BCUT2D eigenvalue weighted by atomic mass is 10.2. The number of hydrogen-bond acceptors (Lipinski definition) is 4. The summed E-state index contributed by atoms with van der Waals surface area (Å²) in [5, 5.41) is 18.9. The number of hydrogen-bond donors (Lipinski definition) is 2. The maximum atomic E-state index is 9.53. The molecule has 0 unspecified atom stereocenters. The molecule has 0 radical (unpaired) electrons. The van der Waals surface area contributed by atoms with Crippen LogP contribution in [0.5, 0.6) is 11.5 Å². The highest BCUT2D eigenvalue weighted by molar-refractivity contribution is 7.17. The van der Waals surface area contributed by atoms with Gasteiger partial charge in [-0.15, -0.1) is 11.3 Å². The van der Waals surface area contributed by atoms with Crippen LogP contribution in [0.4, 0.5) is 0 Å². The molecule has 1 heterocycles. The van der Waals surface area contributed by atoms with Gasteiger partial charge in [-0.05, 0) is 18.6 Å². The van der Waals surface area contributed by atoms with Crippen LogP contribution in [0.25, 0.3) is 10.2 Å². The number of phenolic OH excluding ortho intramolecular Hbond substituents is 2. The van der Waals surface area contributed by atoms with Gasteiger partial charge in [0.2, 0.25) is 0 Å². The van der Waals surface area contributed by atoms with Crippen LogP contribution >= 0.6 is 11.3 Å². The third kappa shape index (κ3) is 0.848. The van der Waals surface area contributed by atoms with Crippen molar-refractivity contribution < 1.29 is 10.2 Å². The second-order valence-corrected chi connectivity index (χ2v) is 3.45. The number of aromatic nitrogens is 1. The molecule has 4 heteroatoms. The number of fused-ring (bicyclic) bond motifs is 1. The van der Waals surface area contributed by atoms with Gasteiger partial charge in [0.1, 0.15) is 21.7 Å². The minimum Gasteiger partial charge on any atom is -0.506 e. The van der Waals surface area contributed by atoms with E-state index in [1.165, 1.54) is 17.4 Å². The van der Waals surface area contributed by atoms with Gasteiger partial charge in [0, 0.05) is 0 Å². The van der Waals surface area contributed by atoms with Crippen LogP contribution in [0.15, 0.2) is 11.6 Å². The number of nitrogens with zero attached hydrogens (tertiary/aromatic N) is 1. The van der Waals surface area contributed by atoms with Gasteiger partial charge in [-0.3, -0.25) is 0 Å². The van der Waals surface area contributed by atoms with E-state index in [-0.39, 0.29) is 11.5 Å². The van der Waals surface area contributed by atoms with Crippen molar-refractivity contribution in [2.45, 2.75) is 6.92 Å². The van der Waals surface area contributed by atoms with E-state index < -0.39 is 0 Å². The average molecular weight is 181 g/mol. The van der Waals surface area contributed by atoms with Gasteiger partial charge < -0.3 is 10.2 Å². The lowest BCUT2D eigenvalue weighted by Gasteiger charge is -2.00. The van der Waals surface area contributed by atoms with E-state index in [2.05, 4.69) is 4.98 Å². The maximum Gasteiger partial charge on any atom is 0.143 e. The number of aryl methyl sites for hydroxylation is 1. The first-order valence-electron chi connectivity index (χ1n) is 3.45. The summed E-state index contributed by atoms with van der Waals surface area (Å²) in [6.07, 6.45) is 0. The summed E-state index contributed by atoms with van der Waals surface area (Å²) in [4.78, 5) is 3.93. The van der Waals surface area contributed by atoms with Crippen LogP contribution in [-0.4, -0.2) is 15.2 Å². The molecular formula is C8H7NO2S. The molecule has 12 heavy (non-hydrogen) atoms. The molecule has 0 atom stereocenters. The first-order valence-corrected chi connectivity index (χ1v) is 4.33. The monoisotopic (exact) mass is 181 g/mol. The van der Waals surface area contributed by atoms with Crippen molar-refractivity contribution in [2.75, 3.05) is 0 Å². The second-order valence-electron chi connectivity index (χ2n) is 2.59. The van der Waals surface area contributed by atoms with Crippen molar-refractivity contribution in [1.82, 2.24) is 4.98 Å². The van der Waals surface area contributed by atoms with E-state index in [0.29, 0.717) is 15.8 Å². The molecule has 0 bridgehead atoms. The van der Waals surface area contributed by atoms with Crippen molar-refractivity contribution in [3.05, 3.63) is 17.1 Å². The zero-order chi connectivity index (χ0) is 8.72. The molecule has 62 valence electrons. The second kappa shape index (κ2) is 2.35. The van der Waals surface area contributed by atoms with Crippen LogP contribution in [0.1, 0.15) is 5.56 Å². The predicted octanol–water partition coefficient (Wildman–Crippen LogP) is 2.02. The molecular weight excluding hydrogens is 174 g/mol. The van der Waals surface area contributed by atoms with Crippen molar-refractivity contribution in [3.63, 3.8) is 0 Å². The standard InChI is InChI=1S/C8H7NO2S/c1-4-2-5(10)6-8(7(4)11)12-3-9-6/h2-3,10-11H,1H3. The fourth-order valence-corrected chi connectivity index (χ4v) is 1.92. The van der Waals surface area contributed by atoms with Gasteiger partial charge >= 0.3 is 0 Å². The quantitative estimate of drug-likeness (QED) is 0.611. The summed E-state index contributed by atoms with van der Waals surface area (Å²) in [5.74, 6) is 0.340. The average Bonchev–Trinajstić information content (AvgIpc) is 2.48. The molecule has 2 rings (SSSR count). The summed E-state index contributed by atoms with van der Waals surface area (Å²) in [6, 6.07) is 1.51. The van der Waals surface area contributed by atoms with Gasteiger partial charge in [0.05, 0.1) is 5.51 Å². The maximum absolute atomic E-state index is 9.53. The summed E-state index contributed by atoms with van der Waals surface area (Å²) >= 11 is 1.32. The largest absolute Gasteiger partial charge is 0.506 e. The molecule has 0 amide bonds. The Hall–Kier alpha value is -1.29. The van der Waals surface area contributed by atoms with Crippen LogP contribution in [0.3, 0.4) is 0 Å². The first-order chi connectivity index (χ1) is 5.70. The van der Waals surface area contributed by atoms with Crippen molar-refractivity contribution in [3.8, 4) is 11.5 Å². The Bertz CT molecular complexity index is 436. The Balaban J connectivity index is 2.97. The highest BCUT2D eigenvalue weighted by atomic mass is 32.1. The Kier molecular flexibility index (Phi) is 1.44. The van der Waals surface area contributed by atoms with Crippen molar-refractivity contribution >= 4 is 21.6 Å². The lowest BCUT2D eigenvalue weighted by molar-refractivity contribution is 0.466. The minimum absolute atomic E-state index is 0.126. The molecule has 0 aliphatic heterocycles. The van der Waals surface area contributed by atoms with Crippen LogP contribution < -0.4 is 0 Å². The Morgan fingerprint density at radius 1 is 1.42 bits per heavy atom. The molecule has 0 saturated heterocycles. The summed E-state index contributed by atoms with van der Waals surface area (Å²) < 4.78 is 0.646. The Labute approximate surface area is 72.9 Å². The molecule has 2 aromatic rings. The topological polar surface area (TPSA) is 53.4 Å². The number of rotatable bonds is 0. The normalized spacial score (nSPS) is 10.8. The molecule has 0 aliphatic rings. The zero-order valence-electron chi connectivity index (χ0n) is 6.40. The molecule has 0 saturated carbocycles. The molecule has 1 aromatic carbocycles. The van der Waals surface area contributed by atoms with Gasteiger partial charge in [-0.25, -0.2) is 4.98 Å². The SMILES string of the molecule is Cc1cc(O)c2ncsc2c1O. The molecule has 0 aliphatic carbocycles. The number of thiazole rings is 1. The fourth-order valence-electron chi connectivity index (χ4n) is 1.12. The van der Waals surface area contributed by atoms with Crippen molar-refractivity contribution in [1.29, 1.82) is 0 Å². The molecule has 1 aromatic heterocycles. The predicted molar refractivity (Wildman–Crippen MR) is 47.7 cm³/mol. The van der Waals surface area contributed by atoms with Gasteiger partial charge in [-0.2, -0.15) is 0 Å². The fraction of sp³-hybridized carbons (Fsp3) is 0.125. The van der Waals surface area contributed by atoms with Crippen LogP contribution in [0.2, 0.25) is 0 Å². The molecule has 2 N–H and O–H groups in total. The third-order valence-corrected chi connectivity index (χ3v) is 2.59. The van der Waals surface area contributed by atoms with E-state index in [1.807, 2.05) is 0 Å². The van der Waals surface area contributed by atoms with E-state index >= 15 is 0 Å². The Morgan fingerprint density at radius 2 is 2.17 bits per heavy atom. The van der Waals surface area contributed by atoms with Gasteiger partial charge in [0.15, 0.2) is 0 Å². The van der Waals surface area contributed by atoms with Gasteiger partial charge in [0.25, 0.3) is 0 Å². The van der Waals surface area contributed by atoms with E-state index in [1.54, 1.807) is 12.4 Å². The zero-order valence-corrected chi connectivity index (χ0v) is 7.22. The van der Waals surface area contributed by atoms with E-state index in [0.717, 1.165) is 0 Å². The number of phenols is 2. The Morgan fingerprint density at radius 3 is 2.92 bits per heavy atom. The highest BCUT2D eigenvalue weighted by Crippen LogP contribution is 2.36. The molecule has 0 fully saturated rings. The number of aromatic hydroxyl groups is 2. The third-order valence-electron chi connectivity index (χ3n) is 1.75. The molecule has 0 spiro atoms. The summed E-state index contributed by atoms with van der Waals surface area (Å²) in [7, 11) is 0. The smallest absolute Gasteiger partial charge is 0.143 e. The molecule has 3 nitrogen and oxygen atoms in total. The summed E-state index contributed by atoms with van der Waals surface area (Å²) in [6.45, 7) is 1.74. The summed E-state index contributed by atoms with van der Waals surface area (Å²) in [5.41, 5.74) is 2.75. The van der Waals surface area contributed by atoms with Gasteiger partial charge in [-0.1, -0.05) is 0 Å². The van der Waals surface area contributed by atoms with Crippen LogP contribution in [0, 0.1) is 6.92 Å². The van der Waals surface area contributed by atoms with Crippen LogP contribution in [-0.2, 0) is 0 Å². The van der Waals surface area contributed by atoms with Crippen molar-refractivity contribution in [2.24, 2.45) is 0 Å². The van der Waals surface area contributed by atoms with E-state index in [9.17, 15) is 10.2 Å². The minimum atomic E-state index is 0.126. The number of benzene rings is 1. The lowest BCUT2D eigenvalue weighted by Crippen LogP contribution is -1.76. The van der Waals surface area contributed by atoms with E-state index in [4.69, 9.17) is 0 Å².